The molecule has 12 heteroatoms. The van der Waals surface area contributed by atoms with Gasteiger partial charge in [-0.3, -0.25) is 4.79 Å². The standard InChI is InChI=1S/C34H45F2N3O6S/c1-3-28-18-24(15-16-45-28)32(22-9-11-25(35)12-10-22)33(38-34(41)44-2)31(40)19-23-6-4-8-30(36)29(23)14-13-27-20-37-26-7-5-17-46(42,43)39(27)21-26/h4,6,8-12,24,26-28,32-33,37H,3,5,7,13-21H2,1-2H3,(H,38,41)/t24-,26+,27-,28-,32-,33+/m0/s1. The van der Waals surface area contributed by atoms with Crippen LogP contribution >= 0.6 is 0 Å². The molecule has 0 saturated carbocycles. The zero-order valence-corrected chi connectivity index (χ0v) is 27.4. The quantitative estimate of drug-likeness (QED) is 0.365. The van der Waals surface area contributed by atoms with E-state index in [0.717, 1.165) is 12.8 Å². The molecule has 3 aliphatic rings. The first-order chi connectivity index (χ1) is 22.1. The molecule has 3 aliphatic heterocycles. The second kappa shape index (κ2) is 15.3. The number of hydrogen-bond donors (Lipinski definition) is 2. The summed E-state index contributed by atoms with van der Waals surface area (Å²) >= 11 is 0. The van der Waals surface area contributed by atoms with Crippen LogP contribution in [0, 0.1) is 17.6 Å². The second-order valence-electron chi connectivity index (χ2n) is 12.7. The Morgan fingerprint density at radius 1 is 1.15 bits per heavy atom. The fourth-order valence-corrected chi connectivity index (χ4v) is 9.21. The maximum Gasteiger partial charge on any atom is 0.407 e. The van der Waals surface area contributed by atoms with Gasteiger partial charge in [-0.25, -0.2) is 22.0 Å². The van der Waals surface area contributed by atoms with E-state index in [4.69, 9.17) is 9.47 Å². The van der Waals surface area contributed by atoms with Crippen LogP contribution in [-0.4, -0.2) is 81.4 Å². The number of piperazine rings is 1. The number of carbonyl (C=O) groups is 2. The molecule has 2 N–H and O–H groups in total. The molecule has 252 valence electrons. The first kappa shape index (κ1) is 34.4. The number of ether oxygens (including phenoxy) is 2. The van der Waals surface area contributed by atoms with E-state index in [1.165, 1.54) is 25.3 Å². The van der Waals surface area contributed by atoms with Gasteiger partial charge in [0.05, 0.1) is 25.0 Å². The van der Waals surface area contributed by atoms with Crippen molar-refractivity contribution < 1.29 is 36.3 Å². The van der Waals surface area contributed by atoms with E-state index in [1.54, 1.807) is 28.6 Å². The molecule has 2 bridgehead atoms. The smallest absolute Gasteiger partial charge is 0.407 e. The van der Waals surface area contributed by atoms with Crippen LogP contribution in [0.3, 0.4) is 0 Å². The van der Waals surface area contributed by atoms with Gasteiger partial charge < -0.3 is 20.1 Å². The van der Waals surface area contributed by atoms with Gasteiger partial charge in [-0.2, -0.15) is 4.31 Å². The summed E-state index contributed by atoms with van der Waals surface area (Å²) in [5, 5.41) is 6.21. The van der Waals surface area contributed by atoms with E-state index >= 15 is 4.39 Å². The van der Waals surface area contributed by atoms with Crippen molar-refractivity contribution in [3.63, 3.8) is 0 Å². The number of alkyl carbamates (subject to hydrolysis) is 1. The van der Waals surface area contributed by atoms with Crippen molar-refractivity contribution in [3.05, 3.63) is 70.8 Å². The van der Waals surface area contributed by atoms with Crippen LogP contribution < -0.4 is 10.6 Å². The molecule has 0 aliphatic carbocycles. The SMILES string of the molecule is CC[C@H]1C[C@@H]([C@H](c2ccc(F)cc2)[C@H](NC(=O)OC)C(=O)Cc2cccc(F)c2CC[C@H]2CN[C@@H]3CCCS(=O)(=O)N2C3)CCO1. The van der Waals surface area contributed by atoms with Crippen molar-refractivity contribution in [1.82, 2.24) is 14.9 Å². The molecule has 3 saturated heterocycles. The summed E-state index contributed by atoms with van der Waals surface area (Å²) in [7, 11) is -2.18. The number of halogens is 2. The van der Waals surface area contributed by atoms with Crippen LogP contribution in [0.2, 0.25) is 0 Å². The van der Waals surface area contributed by atoms with Crippen molar-refractivity contribution in [2.24, 2.45) is 5.92 Å². The Bertz CT molecular complexity index is 1470. The Morgan fingerprint density at radius 3 is 2.67 bits per heavy atom. The van der Waals surface area contributed by atoms with E-state index in [-0.39, 0.29) is 48.5 Å². The molecule has 0 radical (unpaired) electrons. The summed E-state index contributed by atoms with van der Waals surface area (Å²) in [6.07, 6.45) is 3.19. The largest absolute Gasteiger partial charge is 0.453 e. The monoisotopic (exact) mass is 661 g/mol. The van der Waals surface area contributed by atoms with Crippen molar-refractivity contribution in [3.8, 4) is 0 Å². The van der Waals surface area contributed by atoms with Crippen molar-refractivity contribution in [2.45, 2.75) is 88.4 Å². The number of Topliss-reactive ketones (excluding diaryl/α,β-unsaturated/α-hetero) is 1. The van der Waals surface area contributed by atoms with Gasteiger partial charge in [0, 0.05) is 44.1 Å². The zero-order valence-electron chi connectivity index (χ0n) is 26.6. The van der Waals surface area contributed by atoms with Gasteiger partial charge in [0.2, 0.25) is 10.0 Å². The highest BCUT2D eigenvalue weighted by Gasteiger charge is 2.40. The molecule has 1 unspecified atom stereocenters. The summed E-state index contributed by atoms with van der Waals surface area (Å²) in [6, 6.07) is 9.34. The van der Waals surface area contributed by atoms with Crippen LogP contribution in [-0.2, 0) is 37.1 Å². The minimum absolute atomic E-state index is 0.0111. The van der Waals surface area contributed by atoms with E-state index in [0.29, 0.717) is 62.1 Å². The lowest BCUT2D eigenvalue weighted by Gasteiger charge is -2.38. The first-order valence-corrected chi connectivity index (χ1v) is 17.9. The topological polar surface area (TPSA) is 114 Å². The Morgan fingerprint density at radius 2 is 1.93 bits per heavy atom. The summed E-state index contributed by atoms with van der Waals surface area (Å²) in [5.41, 5.74) is 1.55. The van der Waals surface area contributed by atoms with Crippen LogP contribution in [0.5, 0.6) is 0 Å². The van der Waals surface area contributed by atoms with Crippen LogP contribution in [0.1, 0.15) is 68.1 Å². The minimum Gasteiger partial charge on any atom is -0.453 e. The number of nitrogens with one attached hydrogen (secondary N) is 2. The molecule has 0 spiro atoms. The maximum absolute atomic E-state index is 15.4. The highest BCUT2D eigenvalue weighted by molar-refractivity contribution is 7.89. The number of nitrogens with zero attached hydrogens (tertiary/aromatic N) is 1. The number of amides is 1. The van der Waals surface area contributed by atoms with E-state index in [2.05, 4.69) is 10.6 Å². The van der Waals surface area contributed by atoms with E-state index in [9.17, 15) is 22.4 Å². The molecule has 3 fully saturated rings. The third kappa shape index (κ3) is 8.13. The molecule has 5 rings (SSSR count). The summed E-state index contributed by atoms with van der Waals surface area (Å²) < 4.78 is 67.8. The van der Waals surface area contributed by atoms with Gasteiger partial charge in [-0.1, -0.05) is 31.2 Å². The molecular weight excluding hydrogens is 616 g/mol. The van der Waals surface area contributed by atoms with Crippen LogP contribution in [0.4, 0.5) is 13.6 Å². The van der Waals surface area contributed by atoms with Gasteiger partial charge >= 0.3 is 6.09 Å². The number of carbonyl (C=O) groups excluding carboxylic acids is 2. The molecule has 0 aromatic heterocycles. The predicted octanol–water partition coefficient (Wildman–Crippen LogP) is 4.49. The molecule has 2 aromatic rings. The van der Waals surface area contributed by atoms with Crippen molar-refractivity contribution in [1.29, 1.82) is 0 Å². The Hall–Kier alpha value is -2.93. The van der Waals surface area contributed by atoms with E-state index < -0.39 is 39.7 Å². The molecule has 46 heavy (non-hydrogen) atoms. The van der Waals surface area contributed by atoms with Gasteiger partial charge in [-0.05, 0) is 85.8 Å². The third-order valence-corrected chi connectivity index (χ3v) is 11.8. The highest BCUT2D eigenvalue weighted by atomic mass is 32.2. The molecule has 3 heterocycles. The number of ketones is 1. The lowest BCUT2D eigenvalue weighted by atomic mass is 9.73. The summed E-state index contributed by atoms with van der Waals surface area (Å²) in [6.45, 7) is 3.43. The van der Waals surface area contributed by atoms with Crippen LogP contribution in [0.25, 0.3) is 0 Å². The molecule has 9 nitrogen and oxygen atoms in total. The Labute approximate surface area is 270 Å². The van der Waals surface area contributed by atoms with Gasteiger partial charge in [0.15, 0.2) is 5.78 Å². The van der Waals surface area contributed by atoms with Gasteiger partial charge in [0.1, 0.15) is 11.6 Å². The highest BCUT2D eigenvalue weighted by Crippen LogP contribution is 2.38. The average molecular weight is 662 g/mol. The van der Waals surface area contributed by atoms with E-state index in [1.807, 2.05) is 6.92 Å². The molecular formula is C34H45F2N3O6S. The normalized spacial score (nSPS) is 27.2. The predicted molar refractivity (Wildman–Crippen MR) is 170 cm³/mol. The minimum atomic E-state index is -3.40. The van der Waals surface area contributed by atoms with Gasteiger partial charge in [0.25, 0.3) is 0 Å². The summed E-state index contributed by atoms with van der Waals surface area (Å²) in [4.78, 5) is 26.9. The fourth-order valence-electron chi connectivity index (χ4n) is 7.40. The van der Waals surface area contributed by atoms with Crippen LogP contribution in [0.15, 0.2) is 42.5 Å². The maximum atomic E-state index is 15.4. The van der Waals surface area contributed by atoms with Crippen molar-refractivity contribution in [2.75, 3.05) is 32.6 Å². The lowest BCUT2D eigenvalue weighted by molar-refractivity contribution is -0.121. The molecule has 1 amide bonds. The average Bonchev–Trinajstić information content (AvgIpc) is 3.16. The number of hydrogen-bond acceptors (Lipinski definition) is 7. The zero-order chi connectivity index (χ0) is 32.8. The third-order valence-electron chi connectivity index (χ3n) is 9.86. The number of fused-ring (bicyclic) bond motifs is 2. The molecule has 7 atom stereocenters. The fraction of sp³-hybridized carbons (Fsp3) is 0.588. The summed E-state index contributed by atoms with van der Waals surface area (Å²) in [5.74, 6) is -1.66. The number of sulfonamides is 1. The number of methoxy groups -OCH3 is 1. The number of benzene rings is 2. The van der Waals surface area contributed by atoms with Gasteiger partial charge in [-0.15, -0.1) is 0 Å². The Balaban J connectivity index is 1.42. The number of rotatable bonds is 11. The first-order valence-electron chi connectivity index (χ1n) is 16.3. The Kier molecular flexibility index (Phi) is 11.5. The molecule has 2 aromatic carbocycles. The van der Waals surface area contributed by atoms with Crippen molar-refractivity contribution >= 4 is 21.9 Å². The lowest BCUT2D eigenvalue weighted by Crippen LogP contribution is -2.57. The second-order valence-corrected chi connectivity index (χ2v) is 14.8.